The number of Topliss-reactive ketones (excluding diaryl/α,β-unsaturated/α-hetero) is 1. The fourth-order valence-corrected chi connectivity index (χ4v) is 4.23. The molecule has 1 heterocycles. The van der Waals surface area contributed by atoms with Crippen molar-refractivity contribution >= 4 is 23.1 Å². The summed E-state index contributed by atoms with van der Waals surface area (Å²) < 4.78 is 24.6. The van der Waals surface area contributed by atoms with Crippen molar-refractivity contribution in [1.29, 1.82) is 0 Å². The molecule has 0 aromatic heterocycles. The molecular formula is C28H26FNO5. The molecule has 6 nitrogen and oxygen atoms in total. The van der Waals surface area contributed by atoms with Crippen LogP contribution in [0.1, 0.15) is 35.2 Å². The maximum atomic E-state index is 13.9. The summed E-state index contributed by atoms with van der Waals surface area (Å²) in [5.41, 5.74) is 2.59. The molecule has 0 aliphatic carbocycles. The zero-order chi connectivity index (χ0) is 25.3. The van der Waals surface area contributed by atoms with Gasteiger partial charge in [0.15, 0.2) is 0 Å². The van der Waals surface area contributed by atoms with Crippen molar-refractivity contribution < 1.29 is 28.6 Å². The summed E-state index contributed by atoms with van der Waals surface area (Å²) in [5, 5.41) is 11.2. The summed E-state index contributed by atoms with van der Waals surface area (Å²) in [7, 11) is 2.98. The molecule has 0 spiro atoms. The third kappa shape index (κ3) is 4.37. The van der Waals surface area contributed by atoms with Crippen LogP contribution in [-0.4, -0.2) is 31.0 Å². The Kier molecular flexibility index (Phi) is 6.60. The number of aliphatic hydroxyl groups is 1. The van der Waals surface area contributed by atoms with E-state index in [1.807, 2.05) is 31.2 Å². The largest absolute Gasteiger partial charge is 0.507 e. The lowest BCUT2D eigenvalue weighted by Crippen LogP contribution is -2.29. The Morgan fingerprint density at radius 2 is 1.60 bits per heavy atom. The number of aliphatic hydroxyl groups excluding tert-OH is 1. The average molecular weight is 476 g/mol. The van der Waals surface area contributed by atoms with E-state index in [1.165, 1.54) is 37.3 Å². The molecule has 180 valence electrons. The number of carbonyl (C=O) groups excluding carboxylic acids is 2. The van der Waals surface area contributed by atoms with Crippen LogP contribution in [0.4, 0.5) is 10.1 Å². The maximum Gasteiger partial charge on any atom is 0.300 e. The summed E-state index contributed by atoms with van der Waals surface area (Å²) in [6, 6.07) is 15.6. The second-order valence-electron chi connectivity index (χ2n) is 8.30. The fourth-order valence-electron chi connectivity index (χ4n) is 4.23. The van der Waals surface area contributed by atoms with E-state index in [2.05, 4.69) is 0 Å². The van der Waals surface area contributed by atoms with E-state index in [0.717, 1.165) is 12.0 Å². The first-order chi connectivity index (χ1) is 16.8. The molecule has 1 N–H and O–H groups in total. The Morgan fingerprint density at radius 1 is 0.971 bits per heavy atom. The first-order valence-electron chi connectivity index (χ1n) is 11.2. The number of ketones is 1. The van der Waals surface area contributed by atoms with E-state index < -0.39 is 23.5 Å². The van der Waals surface area contributed by atoms with E-state index in [9.17, 15) is 19.1 Å². The van der Waals surface area contributed by atoms with Gasteiger partial charge in [0.05, 0.1) is 31.5 Å². The minimum Gasteiger partial charge on any atom is -0.507 e. The lowest BCUT2D eigenvalue weighted by molar-refractivity contribution is -0.132. The van der Waals surface area contributed by atoms with E-state index in [0.29, 0.717) is 28.3 Å². The van der Waals surface area contributed by atoms with Crippen molar-refractivity contribution in [1.82, 2.24) is 0 Å². The monoisotopic (exact) mass is 475 g/mol. The summed E-state index contributed by atoms with van der Waals surface area (Å²) >= 11 is 0. The van der Waals surface area contributed by atoms with E-state index in [1.54, 1.807) is 25.1 Å². The van der Waals surface area contributed by atoms with Gasteiger partial charge in [-0.25, -0.2) is 4.39 Å². The number of halogens is 1. The Morgan fingerprint density at radius 3 is 2.14 bits per heavy atom. The van der Waals surface area contributed by atoms with Crippen LogP contribution in [0.3, 0.4) is 0 Å². The quantitative estimate of drug-likeness (QED) is 0.296. The minimum absolute atomic E-state index is 0.0768. The zero-order valence-electron chi connectivity index (χ0n) is 20.0. The Balaban J connectivity index is 1.96. The summed E-state index contributed by atoms with van der Waals surface area (Å²) in [4.78, 5) is 28.0. The number of carbonyl (C=O) groups is 2. The van der Waals surface area contributed by atoms with Gasteiger partial charge in [-0.15, -0.1) is 0 Å². The Bertz CT molecular complexity index is 1310. The molecule has 1 aliphatic rings. The minimum atomic E-state index is -0.914. The van der Waals surface area contributed by atoms with Gasteiger partial charge in [0.25, 0.3) is 11.7 Å². The van der Waals surface area contributed by atoms with Gasteiger partial charge in [-0.2, -0.15) is 0 Å². The van der Waals surface area contributed by atoms with Gasteiger partial charge in [0, 0.05) is 23.8 Å². The lowest BCUT2D eigenvalue weighted by Gasteiger charge is -2.26. The molecular weight excluding hydrogens is 449 g/mol. The van der Waals surface area contributed by atoms with E-state index in [4.69, 9.17) is 9.47 Å². The van der Waals surface area contributed by atoms with Crippen molar-refractivity contribution in [3.05, 3.63) is 94.3 Å². The molecule has 1 amide bonds. The number of rotatable bonds is 6. The van der Waals surface area contributed by atoms with Crippen molar-refractivity contribution in [2.75, 3.05) is 19.1 Å². The summed E-state index contributed by atoms with van der Waals surface area (Å²) in [6.45, 7) is 3.59. The third-order valence-electron chi connectivity index (χ3n) is 6.19. The second kappa shape index (κ2) is 9.62. The summed E-state index contributed by atoms with van der Waals surface area (Å²) in [6.07, 6.45) is 0.822. The van der Waals surface area contributed by atoms with Crippen molar-refractivity contribution in [2.24, 2.45) is 0 Å². The number of nitrogens with zero attached hydrogens (tertiary/aromatic N) is 1. The molecule has 0 saturated carbocycles. The first-order valence-corrected chi connectivity index (χ1v) is 11.2. The molecule has 3 aromatic rings. The fraction of sp³-hybridized carbons (Fsp3) is 0.214. The zero-order valence-corrected chi connectivity index (χ0v) is 20.0. The van der Waals surface area contributed by atoms with Crippen molar-refractivity contribution in [2.45, 2.75) is 26.3 Å². The van der Waals surface area contributed by atoms with Crippen LogP contribution in [0.15, 0.2) is 66.2 Å². The topological polar surface area (TPSA) is 76.1 Å². The van der Waals surface area contributed by atoms with E-state index >= 15 is 0 Å². The SMILES string of the molecule is CCc1ccc(C2/C(=C(\O)c3ccc(F)c(C)c3)C(=O)C(=O)N2c2cc(OC)cc(OC)c2)cc1. The summed E-state index contributed by atoms with van der Waals surface area (Å²) in [5.74, 6) is -1.56. The molecule has 1 atom stereocenters. The molecule has 3 aromatic carbocycles. The highest BCUT2D eigenvalue weighted by Gasteiger charge is 2.47. The lowest BCUT2D eigenvalue weighted by atomic mass is 9.94. The molecule has 0 bridgehead atoms. The van der Waals surface area contributed by atoms with Crippen LogP contribution in [-0.2, 0) is 16.0 Å². The average Bonchev–Trinajstić information content (AvgIpc) is 3.15. The number of methoxy groups -OCH3 is 2. The molecule has 1 fully saturated rings. The highest BCUT2D eigenvalue weighted by atomic mass is 19.1. The molecule has 35 heavy (non-hydrogen) atoms. The molecule has 1 saturated heterocycles. The molecule has 4 rings (SSSR count). The third-order valence-corrected chi connectivity index (χ3v) is 6.19. The Hall–Kier alpha value is -4.13. The van der Waals surface area contributed by atoms with Gasteiger partial charge < -0.3 is 14.6 Å². The predicted molar refractivity (Wildman–Crippen MR) is 131 cm³/mol. The number of anilines is 1. The molecule has 1 unspecified atom stereocenters. The van der Waals surface area contributed by atoms with Crippen molar-refractivity contribution in [3.8, 4) is 11.5 Å². The van der Waals surface area contributed by atoms with Gasteiger partial charge >= 0.3 is 0 Å². The standard InChI is InChI=1S/C28H26FNO5/c1-5-17-6-8-18(9-7-17)25-24(26(31)19-10-11-23(29)16(2)12-19)27(32)28(33)30(25)20-13-21(34-3)15-22(14-20)35-4/h6-15,25,31H,5H2,1-4H3/b26-24+. The van der Waals surface area contributed by atoms with Gasteiger partial charge in [-0.3, -0.25) is 14.5 Å². The highest BCUT2D eigenvalue weighted by molar-refractivity contribution is 6.51. The van der Waals surface area contributed by atoms with Crippen LogP contribution >= 0.6 is 0 Å². The maximum absolute atomic E-state index is 13.9. The number of hydrogen-bond donors (Lipinski definition) is 1. The smallest absolute Gasteiger partial charge is 0.300 e. The molecule has 0 radical (unpaired) electrons. The van der Waals surface area contributed by atoms with Crippen LogP contribution in [0, 0.1) is 12.7 Å². The van der Waals surface area contributed by atoms with Crippen LogP contribution in [0.5, 0.6) is 11.5 Å². The number of ether oxygens (including phenoxy) is 2. The Labute approximate surface area is 203 Å². The predicted octanol–water partition coefficient (Wildman–Crippen LogP) is 5.34. The molecule has 1 aliphatic heterocycles. The molecule has 7 heteroatoms. The number of amides is 1. The number of hydrogen-bond acceptors (Lipinski definition) is 5. The van der Waals surface area contributed by atoms with Crippen LogP contribution < -0.4 is 14.4 Å². The van der Waals surface area contributed by atoms with Crippen LogP contribution in [0.25, 0.3) is 5.76 Å². The van der Waals surface area contributed by atoms with Crippen LogP contribution in [0.2, 0.25) is 0 Å². The van der Waals surface area contributed by atoms with E-state index in [-0.39, 0.29) is 16.9 Å². The van der Waals surface area contributed by atoms with Gasteiger partial charge in [0.2, 0.25) is 0 Å². The number of aryl methyl sites for hydroxylation is 2. The van der Waals surface area contributed by atoms with Gasteiger partial charge in [-0.05, 0) is 48.2 Å². The van der Waals surface area contributed by atoms with Crippen molar-refractivity contribution in [3.63, 3.8) is 0 Å². The van der Waals surface area contributed by atoms with Gasteiger partial charge in [0.1, 0.15) is 23.1 Å². The normalized spacial score (nSPS) is 17.1. The number of benzene rings is 3. The second-order valence-corrected chi connectivity index (χ2v) is 8.30. The van der Waals surface area contributed by atoms with Gasteiger partial charge in [-0.1, -0.05) is 31.2 Å². The first kappa shape index (κ1) is 24.0. The highest BCUT2D eigenvalue weighted by Crippen LogP contribution is 2.44.